The van der Waals surface area contributed by atoms with E-state index in [1.807, 2.05) is 18.2 Å². The van der Waals surface area contributed by atoms with Crippen molar-refractivity contribution in [1.82, 2.24) is 9.97 Å². The number of hydrogen-bond donors (Lipinski definition) is 0. The van der Waals surface area contributed by atoms with Gasteiger partial charge in [0.1, 0.15) is 10.4 Å². The van der Waals surface area contributed by atoms with Gasteiger partial charge in [-0.1, -0.05) is 18.2 Å². The molecule has 0 atom stereocenters. The van der Waals surface area contributed by atoms with E-state index in [1.165, 1.54) is 18.3 Å². The Balaban J connectivity index is 2.12. The fourth-order valence-corrected chi connectivity index (χ4v) is 2.80. The van der Waals surface area contributed by atoms with Crippen molar-refractivity contribution in [2.45, 2.75) is 4.90 Å². The third-order valence-electron chi connectivity index (χ3n) is 2.80. The van der Waals surface area contributed by atoms with Crippen molar-refractivity contribution in [2.24, 2.45) is 0 Å². The van der Waals surface area contributed by atoms with Crippen molar-refractivity contribution in [1.29, 1.82) is 0 Å². The molecule has 0 unspecified atom stereocenters. The van der Waals surface area contributed by atoms with E-state index in [9.17, 15) is 8.42 Å². The maximum atomic E-state index is 11.5. The van der Waals surface area contributed by atoms with Crippen LogP contribution in [0.25, 0.3) is 10.9 Å². The summed E-state index contributed by atoms with van der Waals surface area (Å²) in [5, 5.41) is 0.876. The lowest BCUT2D eigenvalue weighted by Gasteiger charge is -2.09. The van der Waals surface area contributed by atoms with Crippen LogP contribution in [0.1, 0.15) is 0 Å². The van der Waals surface area contributed by atoms with E-state index in [2.05, 4.69) is 9.97 Å². The molecule has 0 aliphatic heterocycles. The molecule has 3 aromatic rings. The average molecular weight is 321 g/mol. The molecule has 0 aliphatic carbocycles. The lowest BCUT2D eigenvalue weighted by atomic mass is 10.2. The van der Waals surface area contributed by atoms with E-state index in [-0.39, 0.29) is 10.8 Å². The van der Waals surface area contributed by atoms with Gasteiger partial charge in [-0.05, 0) is 24.3 Å². The van der Waals surface area contributed by atoms with E-state index < -0.39 is 9.05 Å². The zero-order chi connectivity index (χ0) is 14.9. The van der Waals surface area contributed by atoms with Crippen molar-refractivity contribution in [3.63, 3.8) is 0 Å². The molecule has 21 heavy (non-hydrogen) atoms. The minimum absolute atomic E-state index is 0.0781. The Labute approximate surface area is 125 Å². The number of benzene rings is 1. The first-order valence-corrected chi connectivity index (χ1v) is 8.28. The maximum Gasteiger partial charge on any atom is 0.266 e. The number of aromatic nitrogens is 2. The summed E-state index contributed by atoms with van der Waals surface area (Å²) < 4.78 is 28.7. The predicted octanol–water partition coefficient (Wildman–Crippen LogP) is 3.35. The van der Waals surface area contributed by atoms with Crippen LogP contribution >= 0.6 is 10.7 Å². The van der Waals surface area contributed by atoms with Crippen molar-refractivity contribution in [3.05, 3.63) is 54.9 Å². The van der Waals surface area contributed by atoms with Gasteiger partial charge in [-0.25, -0.2) is 13.4 Å². The van der Waals surface area contributed by atoms with E-state index in [0.717, 1.165) is 5.39 Å². The smallest absolute Gasteiger partial charge is 0.266 e. The first kappa shape index (κ1) is 13.8. The lowest BCUT2D eigenvalue weighted by molar-refractivity contribution is 0.452. The minimum atomic E-state index is -3.94. The van der Waals surface area contributed by atoms with Crippen LogP contribution in [-0.2, 0) is 9.05 Å². The highest BCUT2D eigenvalue weighted by atomic mass is 35.7. The van der Waals surface area contributed by atoms with Gasteiger partial charge in [0.2, 0.25) is 5.88 Å². The molecule has 0 saturated carbocycles. The zero-order valence-electron chi connectivity index (χ0n) is 10.6. The predicted molar refractivity (Wildman–Crippen MR) is 79.1 cm³/mol. The van der Waals surface area contributed by atoms with Gasteiger partial charge >= 0.3 is 0 Å². The molecular formula is C14H9ClN2O3S. The quantitative estimate of drug-likeness (QED) is 0.692. The molecule has 0 bridgehead atoms. The maximum absolute atomic E-state index is 11.5. The molecule has 3 rings (SSSR count). The van der Waals surface area contributed by atoms with Crippen molar-refractivity contribution >= 4 is 30.6 Å². The molecule has 1 aromatic carbocycles. The Morgan fingerprint density at radius 3 is 2.48 bits per heavy atom. The normalized spacial score (nSPS) is 11.5. The van der Waals surface area contributed by atoms with Gasteiger partial charge < -0.3 is 4.74 Å². The number of ether oxygens (including phenoxy) is 1. The molecule has 0 radical (unpaired) electrons. The van der Waals surface area contributed by atoms with Crippen LogP contribution in [0.2, 0.25) is 0 Å². The summed E-state index contributed by atoms with van der Waals surface area (Å²) in [5.41, 5.74) is 0.614. The first-order valence-electron chi connectivity index (χ1n) is 5.97. The molecule has 106 valence electrons. The Bertz CT molecular complexity index is 907. The third-order valence-corrected chi connectivity index (χ3v) is 4.14. The summed E-state index contributed by atoms with van der Waals surface area (Å²) in [5.74, 6) is 0.332. The number of rotatable bonds is 3. The summed E-state index contributed by atoms with van der Waals surface area (Å²) in [6, 6.07) is 11.9. The van der Waals surface area contributed by atoms with E-state index in [0.29, 0.717) is 11.3 Å². The number of halogens is 1. The molecule has 0 fully saturated rings. The van der Waals surface area contributed by atoms with Gasteiger partial charge in [0, 0.05) is 28.5 Å². The highest BCUT2D eigenvalue weighted by Gasteiger charge is 2.19. The summed E-state index contributed by atoms with van der Waals surface area (Å²) >= 11 is 0. The van der Waals surface area contributed by atoms with Crippen LogP contribution in [0.15, 0.2) is 59.8 Å². The van der Waals surface area contributed by atoms with Crippen molar-refractivity contribution < 1.29 is 13.2 Å². The fraction of sp³-hybridized carbons (Fsp3) is 0. The van der Waals surface area contributed by atoms with Crippen LogP contribution in [0.3, 0.4) is 0 Å². The fourth-order valence-electron chi connectivity index (χ4n) is 1.90. The molecule has 2 heterocycles. The highest BCUT2D eigenvalue weighted by molar-refractivity contribution is 8.13. The van der Waals surface area contributed by atoms with Gasteiger partial charge in [-0.3, -0.25) is 4.98 Å². The van der Waals surface area contributed by atoms with Crippen LogP contribution in [0.5, 0.6) is 11.6 Å². The number of para-hydroxylation sites is 1. The van der Waals surface area contributed by atoms with Crippen molar-refractivity contribution in [2.75, 3.05) is 0 Å². The topological polar surface area (TPSA) is 69.2 Å². The summed E-state index contributed by atoms with van der Waals surface area (Å²) in [6.45, 7) is 0. The van der Waals surface area contributed by atoms with Crippen LogP contribution in [0, 0.1) is 0 Å². The Kier molecular flexibility index (Phi) is 3.48. The first-order chi connectivity index (χ1) is 10.1. The van der Waals surface area contributed by atoms with Crippen LogP contribution in [-0.4, -0.2) is 18.4 Å². The number of fused-ring (bicyclic) bond motifs is 1. The molecule has 2 aromatic heterocycles. The number of hydrogen-bond acceptors (Lipinski definition) is 5. The third kappa shape index (κ3) is 2.81. The molecule has 0 N–H and O–H groups in total. The number of nitrogens with zero attached hydrogens (tertiary/aromatic N) is 2. The standard InChI is InChI=1S/C14H9ClN2O3S/c15-21(18,19)12-7-3-9-17-14(12)20-11-6-1-4-10-5-2-8-16-13(10)11/h1-9H. The van der Waals surface area contributed by atoms with E-state index in [4.69, 9.17) is 15.4 Å². The second-order valence-corrected chi connectivity index (χ2v) is 6.71. The second-order valence-electron chi connectivity index (χ2n) is 4.18. The summed E-state index contributed by atoms with van der Waals surface area (Å²) in [6.07, 6.45) is 3.06. The summed E-state index contributed by atoms with van der Waals surface area (Å²) in [4.78, 5) is 7.99. The summed E-state index contributed by atoms with van der Waals surface area (Å²) in [7, 11) is 1.44. The number of pyridine rings is 2. The van der Waals surface area contributed by atoms with Gasteiger partial charge in [0.25, 0.3) is 9.05 Å². The van der Waals surface area contributed by atoms with Crippen LogP contribution in [0.4, 0.5) is 0 Å². The van der Waals surface area contributed by atoms with Gasteiger partial charge in [-0.2, -0.15) is 0 Å². The van der Waals surface area contributed by atoms with Crippen molar-refractivity contribution in [3.8, 4) is 11.6 Å². The SMILES string of the molecule is O=S(=O)(Cl)c1cccnc1Oc1cccc2cccnc12. The van der Waals surface area contributed by atoms with Gasteiger partial charge in [-0.15, -0.1) is 0 Å². The molecule has 0 aliphatic rings. The molecule has 0 spiro atoms. The molecule has 5 nitrogen and oxygen atoms in total. The zero-order valence-corrected chi connectivity index (χ0v) is 12.2. The minimum Gasteiger partial charge on any atom is -0.435 e. The Morgan fingerprint density at radius 2 is 1.67 bits per heavy atom. The van der Waals surface area contributed by atoms with E-state index in [1.54, 1.807) is 18.3 Å². The van der Waals surface area contributed by atoms with Crippen LogP contribution < -0.4 is 4.74 Å². The lowest BCUT2D eigenvalue weighted by Crippen LogP contribution is -1.98. The largest absolute Gasteiger partial charge is 0.435 e. The Hall–Kier alpha value is -2.18. The monoisotopic (exact) mass is 320 g/mol. The second kappa shape index (κ2) is 5.31. The molecule has 0 amide bonds. The molecular weight excluding hydrogens is 312 g/mol. The Morgan fingerprint density at radius 1 is 0.952 bits per heavy atom. The highest BCUT2D eigenvalue weighted by Crippen LogP contribution is 2.31. The molecule has 0 saturated heterocycles. The molecule has 7 heteroatoms. The van der Waals surface area contributed by atoms with Gasteiger partial charge in [0.15, 0.2) is 5.75 Å². The average Bonchev–Trinajstić information content (AvgIpc) is 2.47. The van der Waals surface area contributed by atoms with E-state index >= 15 is 0 Å². The van der Waals surface area contributed by atoms with Gasteiger partial charge in [0.05, 0.1) is 0 Å².